The highest BCUT2D eigenvalue weighted by Crippen LogP contribution is 2.26. The van der Waals surface area contributed by atoms with Gasteiger partial charge in [0.05, 0.1) is 0 Å². The number of benzene rings is 3. The zero-order valence-corrected chi connectivity index (χ0v) is 15.1. The predicted octanol–water partition coefficient (Wildman–Crippen LogP) is 5.37. The number of amides is 1. The molecule has 1 N–H and O–H groups in total. The monoisotopic (exact) mass is 356 g/mol. The van der Waals surface area contributed by atoms with E-state index in [0.29, 0.717) is 12.3 Å². The minimum atomic E-state index is -0.0100. The van der Waals surface area contributed by atoms with Crippen molar-refractivity contribution in [2.45, 2.75) is 19.8 Å². The lowest BCUT2D eigenvalue weighted by atomic mass is 10.1. The summed E-state index contributed by atoms with van der Waals surface area (Å²) in [5.74, 6) is 0.542. The van der Waals surface area contributed by atoms with E-state index in [-0.39, 0.29) is 5.91 Å². The van der Waals surface area contributed by atoms with E-state index in [4.69, 9.17) is 4.42 Å². The molecule has 0 aliphatic carbocycles. The summed E-state index contributed by atoms with van der Waals surface area (Å²) in [4.78, 5) is 16.8. The molecule has 0 spiro atoms. The Labute approximate surface area is 157 Å². The Morgan fingerprint density at radius 1 is 1.00 bits per heavy atom. The van der Waals surface area contributed by atoms with Crippen molar-refractivity contribution in [1.82, 2.24) is 4.98 Å². The number of hydrogen-bond donors (Lipinski definition) is 1. The lowest BCUT2D eigenvalue weighted by Gasteiger charge is -2.06. The second-order valence-electron chi connectivity index (χ2n) is 6.60. The van der Waals surface area contributed by atoms with Crippen LogP contribution in [0.25, 0.3) is 22.6 Å². The normalized spacial score (nSPS) is 10.9. The zero-order valence-electron chi connectivity index (χ0n) is 15.1. The Morgan fingerprint density at radius 3 is 2.70 bits per heavy atom. The number of nitrogens with one attached hydrogen (secondary N) is 1. The number of carbonyl (C=O) groups excluding carboxylic acids is 1. The molecule has 1 amide bonds. The molecule has 4 aromatic rings. The number of anilines is 1. The van der Waals surface area contributed by atoms with E-state index >= 15 is 0 Å². The van der Waals surface area contributed by atoms with Gasteiger partial charge in [0.2, 0.25) is 11.8 Å². The van der Waals surface area contributed by atoms with Crippen LogP contribution in [0, 0.1) is 6.92 Å². The Hall–Kier alpha value is -3.40. The van der Waals surface area contributed by atoms with Crippen molar-refractivity contribution in [3.05, 3.63) is 83.9 Å². The topological polar surface area (TPSA) is 55.1 Å². The highest BCUT2D eigenvalue weighted by molar-refractivity contribution is 5.91. The molecule has 0 atom stereocenters. The molecule has 0 unspecified atom stereocenters. The maximum absolute atomic E-state index is 12.3. The van der Waals surface area contributed by atoms with Crippen LogP contribution < -0.4 is 5.32 Å². The fourth-order valence-electron chi connectivity index (χ4n) is 3.02. The van der Waals surface area contributed by atoms with E-state index < -0.39 is 0 Å². The molecule has 0 radical (unpaired) electrons. The molecule has 1 heterocycles. The van der Waals surface area contributed by atoms with E-state index in [1.807, 2.05) is 79.7 Å². The van der Waals surface area contributed by atoms with Crippen LogP contribution in [0.5, 0.6) is 0 Å². The van der Waals surface area contributed by atoms with Gasteiger partial charge in [-0.25, -0.2) is 4.98 Å². The molecule has 0 fully saturated rings. The van der Waals surface area contributed by atoms with Crippen LogP contribution in [0.4, 0.5) is 5.69 Å². The molecule has 4 rings (SSSR count). The molecule has 4 nitrogen and oxygen atoms in total. The van der Waals surface area contributed by atoms with Gasteiger partial charge in [0.25, 0.3) is 0 Å². The predicted molar refractivity (Wildman–Crippen MR) is 108 cm³/mol. The van der Waals surface area contributed by atoms with Crippen LogP contribution >= 0.6 is 0 Å². The second-order valence-corrected chi connectivity index (χ2v) is 6.60. The van der Waals surface area contributed by atoms with Gasteiger partial charge in [-0.1, -0.05) is 42.5 Å². The van der Waals surface area contributed by atoms with Gasteiger partial charge in [-0.15, -0.1) is 0 Å². The van der Waals surface area contributed by atoms with Crippen LogP contribution in [0.2, 0.25) is 0 Å². The summed E-state index contributed by atoms with van der Waals surface area (Å²) in [6.45, 7) is 2.03. The Kier molecular flexibility index (Phi) is 4.71. The highest BCUT2D eigenvalue weighted by Gasteiger charge is 2.10. The standard InChI is InChI=1S/C23H20N2O2/c1-16-10-12-21-20(14-16)25-23(27-21)18-8-5-9-19(15-18)24-22(26)13-11-17-6-3-2-4-7-17/h2-10,12,14-15H,11,13H2,1H3,(H,24,26). The maximum atomic E-state index is 12.3. The van der Waals surface area contributed by atoms with E-state index in [0.717, 1.165) is 39.9 Å². The molecule has 0 saturated heterocycles. The van der Waals surface area contributed by atoms with Crippen molar-refractivity contribution in [1.29, 1.82) is 0 Å². The van der Waals surface area contributed by atoms with Crippen molar-refractivity contribution in [2.24, 2.45) is 0 Å². The zero-order chi connectivity index (χ0) is 18.6. The molecule has 27 heavy (non-hydrogen) atoms. The summed E-state index contributed by atoms with van der Waals surface area (Å²) in [6, 6.07) is 23.5. The Morgan fingerprint density at radius 2 is 1.85 bits per heavy atom. The molecule has 0 bridgehead atoms. The number of rotatable bonds is 5. The minimum absolute atomic E-state index is 0.0100. The third kappa shape index (κ3) is 4.06. The van der Waals surface area contributed by atoms with Gasteiger partial charge in [0.1, 0.15) is 5.52 Å². The lowest BCUT2D eigenvalue weighted by molar-refractivity contribution is -0.116. The molecule has 3 aromatic carbocycles. The summed E-state index contributed by atoms with van der Waals surface area (Å²) in [7, 11) is 0. The number of fused-ring (bicyclic) bond motifs is 1. The molecule has 0 saturated carbocycles. The summed E-state index contributed by atoms with van der Waals surface area (Å²) in [6.07, 6.45) is 1.16. The first kappa shape index (κ1) is 17.0. The summed E-state index contributed by atoms with van der Waals surface area (Å²) >= 11 is 0. The first-order chi connectivity index (χ1) is 13.2. The van der Waals surface area contributed by atoms with Crippen molar-refractivity contribution >= 4 is 22.7 Å². The van der Waals surface area contributed by atoms with E-state index in [1.165, 1.54) is 0 Å². The van der Waals surface area contributed by atoms with E-state index in [9.17, 15) is 4.79 Å². The van der Waals surface area contributed by atoms with Crippen LogP contribution in [-0.4, -0.2) is 10.9 Å². The minimum Gasteiger partial charge on any atom is -0.436 e. The number of aromatic nitrogens is 1. The third-order valence-corrected chi connectivity index (χ3v) is 4.42. The van der Waals surface area contributed by atoms with Crippen molar-refractivity contribution in [3.63, 3.8) is 0 Å². The summed E-state index contributed by atoms with van der Waals surface area (Å²) in [5.41, 5.74) is 5.47. The molecule has 0 aliphatic heterocycles. The van der Waals surface area contributed by atoms with Crippen molar-refractivity contribution < 1.29 is 9.21 Å². The van der Waals surface area contributed by atoms with E-state index in [1.54, 1.807) is 0 Å². The molecule has 4 heteroatoms. The van der Waals surface area contributed by atoms with Crippen molar-refractivity contribution in [2.75, 3.05) is 5.32 Å². The van der Waals surface area contributed by atoms with Gasteiger partial charge in [-0.3, -0.25) is 4.79 Å². The average Bonchev–Trinajstić information content (AvgIpc) is 3.11. The van der Waals surface area contributed by atoms with Crippen LogP contribution in [-0.2, 0) is 11.2 Å². The number of nitrogens with zero attached hydrogens (tertiary/aromatic N) is 1. The number of hydrogen-bond acceptors (Lipinski definition) is 3. The SMILES string of the molecule is Cc1ccc2oc(-c3cccc(NC(=O)CCc4ccccc4)c3)nc2c1. The lowest BCUT2D eigenvalue weighted by Crippen LogP contribution is -2.12. The number of aryl methyl sites for hydroxylation is 2. The van der Waals surface area contributed by atoms with Crippen LogP contribution in [0.15, 0.2) is 77.2 Å². The summed E-state index contributed by atoms with van der Waals surface area (Å²) in [5, 5.41) is 2.96. The molecule has 0 aliphatic rings. The highest BCUT2D eigenvalue weighted by atomic mass is 16.3. The third-order valence-electron chi connectivity index (χ3n) is 4.42. The molecular formula is C23H20N2O2. The first-order valence-corrected chi connectivity index (χ1v) is 8.99. The number of oxazole rings is 1. The van der Waals surface area contributed by atoms with Gasteiger partial charge in [0, 0.05) is 17.7 Å². The van der Waals surface area contributed by atoms with Gasteiger partial charge in [0.15, 0.2) is 5.58 Å². The fraction of sp³-hybridized carbons (Fsp3) is 0.130. The molecule has 134 valence electrons. The van der Waals surface area contributed by atoms with Gasteiger partial charge in [-0.2, -0.15) is 0 Å². The first-order valence-electron chi connectivity index (χ1n) is 8.99. The molecular weight excluding hydrogens is 336 g/mol. The summed E-state index contributed by atoms with van der Waals surface area (Å²) < 4.78 is 5.85. The van der Waals surface area contributed by atoms with Gasteiger partial charge >= 0.3 is 0 Å². The van der Waals surface area contributed by atoms with Crippen LogP contribution in [0.1, 0.15) is 17.5 Å². The van der Waals surface area contributed by atoms with Crippen LogP contribution in [0.3, 0.4) is 0 Å². The molecule has 1 aromatic heterocycles. The quantitative estimate of drug-likeness (QED) is 0.523. The smallest absolute Gasteiger partial charge is 0.227 e. The Balaban J connectivity index is 1.47. The average molecular weight is 356 g/mol. The Bertz CT molecular complexity index is 1080. The second kappa shape index (κ2) is 7.46. The van der Waals surface area contributed by atoms with Gasteiger partial charge < -0.3 is 9.73 Å². The fourth-order valence-corrected chi connectivity index (χ4v) is 3.02. The van der Waals surface area contributed by atoms with E-state index in [2.05, 4.69) is 10.3 Å². The van der Waals surface area contributed by atoms with Crippen molar-refractivity contribution in [3.8, 4) is 11.5 Å². The number of carbonyl (C=O) groups is 1. The maximum Gasteiger partial charge on any atom is 0.227 e. The largest absolute Gasteiger partial charge is 0.436 e. The van der Waals surface area contributed by atoms with Gasteiger partial charge in [-0.05, 0) is 54.8 Å².